The molecule has 0 saturated heterocycles. The summed E-state index contributed by atoms with van der Waals surface area (Å²) < 4.78 is 0. The SMILES string of the molecule is NNC(=NCCO)NC1CC1(C=O)NC(=O)c1c(Cl)cc2c(c1Cl)CCN(CCC(O)c1cccc(O)c1)C2. The summed E-state index contributed by atoms with van der Waals surface area (Å²) in [5, 5.41) is 35.2. The average Bonchev–Trinajstić information content (AvgIpc) is 3.60. The van der Waals surface area contributed by atoms with Gasteiger partial charge in [-0.05, 0) is 47.7 Å². The van der Waals surface area contributed by atoms with E-state index in [0.717, 1.165) is 11.1 Å². The van der Waals surface area contributed by atoms with Gasteiger partial charge in [-0.2, -0.15) is 0 Å². The number of nitrogens with two attached hydrogens (primary N) is 1. The molecule has 0 aromatic heterocycles. The Labute approximate surface area is 236 Å². The quantitative estimate of drug-likeness (QED) is 0.0714. The zero-order valence-corrected chi connectivity index (χ0v) is 22.7. The van der Waals surface area contributed by atoms with E-state index in [-0.39, 0.29) is 40.5 Å². The molecule has 1 aliphatic carbocycles. The Balaban J connectivity index is 1.41. The molecule has 39 heavy (non-hydrogen) atoms. The highest BCUT2D eigenvalue weighted by molar-refractivity contribution is 6.40. The normalized spacial score (nSPS) is 21.6. The lowest BCUT2D eigenvalue weighted by molar-refractivity contribution is -0.110. The zero-order valence-electron chi connectivity index (χ0n) is 21.2. The predicted octanol–water partition coefficient (Wildman–Crippen LogP) is 1.02. The van der Waals surface area contributed by atoms with Crippen molar-refractivity contribution in [3.8, 4) is 5.75 Å². The van der Waals surface area contributed by atoms with Gasteiger partial charge < -0.3 is 30.7 Å². The van der Waals surface area contributed by atoms with Gasteiger partial charge in [-0.3, -0.25) is 15.1 Å². The third kappa shape index (κ3) is 6.63. The van der Waals surface area contributed by atoms with Gasteiger partial charge in [0.25, 0.3) is 5.91 Å². The second-order valence-electron chi connectivity index (χ2n) is 9.72. The van der Waals surface area contributed by atoms with Gasteiger partial charge in [0.1, 0.15) is 17.6 Å². The molecular formula is C26H32Cl2N6O5. The fraction of sp³-hybridized carbons (Fsp3) is 0.423. The number of nitrogens with one attached hydrogen (secondary N) is 3. The molecule has 2 aromatic carbocycles. The molecular weight excluding hydrogens is 547 g/mol. The van der Waals surface area contributed by atoms with Crippen LogP contribution in [0.3, 0.4) is 0 Å². The second kappa shape index (κ2) is 12.5. The lowest BCUT2D eigenvalue weighted by atomic mass is 9.96. The van der Waals surface area contributed by atoms with Crippen molar-refractivity contribution >= 4 is 41.4 Å². The van der Waals surface area contributed by atoms with Crippen molar-refractivity contribution in [3.05, 3.63) is 62.6 Å². The molecule has 8 N–H and O–H groups in total. The smallest absolute Gasteiger partial charge is 0.255 e. The number of hydrazine groups is 1. The lowest BCUT2D eigenvalue weighted by Crippen LogP contribution is -2.49. The molecule has 1 amide bonds. The van der Waals surface area contributed by atoms with Crippen molar-refractivity contribution in [3.63, 3.8) is 0 Å². The Morgan fingerprint density at radius 1 is 1.33 bits per heavy atom. The van der Waals surface area contributed by atoms with Crippen LogP contribution in [0, 0.1) is 0 Å². The standard InChI is InChI=1S/C26H32Cl2N6O5/c27-19-11-16-13-34(8-5-20(38)15-2-1-3-17(37)10-15)7-4-18(16)23(28)22(19)24(39)32-26(14-36)12-21(26)31-25(33-29)30-6-9-35/h1-3,10-11,14,20-21,35,37-38H,4-9,12-13,29H2,(H,32,39)(H2,30,31,33). The van der Waals surface area contributed by atoms with E-state index in [1.807, 2.05) is 0 Å². The molecule has 210 valence electrons. The first kappa shape index (κ1) is 29.1. The number of nitrogens with zero attached hydrogens (tertiary/aromatic N) is 2. The zero-order chi connectivity index (χ0) is 28.2. The molecule has 1 fully saturated rings. The first-order valence-electron chi connectivity index (χ1n) is 12.6. The molecule has 3 atom stereocenters. The summed E-state index contributed by atoms with van der Waals surface area (Å²) in [6.07, 6.45) is 1.33. The number of rotatable bonds is 10. The largest absolute Gasteiger partial charge is 0.508 e. The van der Waals surface area contributed by atoms with E-state index in [9.17, 15) is 19.8 Å². The number of carbonyl (C=O) groups excluding carboxylic acids is 2. The van der Waals surface area contributed by atoms with Crippen LogP contribution in [-0.4, -0.2) is 76.2 Å². The Morgan fingerprint density at radius 2 is 2.13 bits per heavy atom. The summed E-state index contributed by atoms with van der Waals surface area (Å²) in [6, 6.07) is 7.85. The molecule has 3 unspecified atom stereocenters. The van der Waals surface area contributed by atoms with Crippen LogP contribution in [0.4, 0.5) is 0 Å². The number of phenols is 1. The summed E-state index contributed by atoms with van der Waals surface area (Å²) in [6.45, 7) is 1.80. The maximum atomic E-state index is 13.2. The molecule has 0 bridgehead atoms. The van der Waals surface area contributed by atoms with Gasteiger partial charge >= 0.3 is 0 Å². The average molecular weight is 579 g/mol. The minimum absolute atomic E-state index is 0.110. The molecule has 4 rings (SSSR count). The molecule has 2 aromatic rings. The van der Waals surface area contributed by atoms with Crippen LogP contribution in [0.25, 0.3) is 0 Å². The minimum Gasteiger partial charge on any atom is -0.508 e. The number of aromatic hydroxyl groups is 1. The molecule has 2 aliphatic rings. The third-order valence-corrected chi connectivity index (χ3v) is 7.78. The maximum Gasteiger partial charge on any atom is 0.255 e. The number of aliphatic imine (C=N–C) groups is 1. The van der Waals surface area contributed by atoms with Gasteiger partial charge in [-0.1, -0.05) is 35.3 Å². The van der Waals surface area contributed by atoms with Gasteiger partial charge in [-0.15, -0.1) is 0 Å². The van der Waals surface area contributed by atoms with Gasteiger partial charge in [0.15, 0.2) is 0 Å². The van der Waals surface area contributed by atoms with E-state index in [1.54, 1.807) is 30.3 Å². The predicted molar refractivity (Wildman–Crippen MR) is 148 cm³/mol. The topological polar surface area (TPSA) is 173 Å². The molecule has 1 aliphatic heterocycles. The van der Waals surface area contributed by atoms with Crippen LogP contribution < -0.4 is 21.9 Å². The van der Waals surface area contributed by atoms with E-state index >= 15 is 0 Å². The summed E-state index contributed by atoms with van der Waals surface area (Å²) in [7, 11) is 0. The van der Waals surface area contributed by atoms with Crippen molar-refractivity contribution in [2.24, 2.45) is 10.8 Å². The Hall–Kier alpha value is -2.93. The van der Waals surface area contributed by atoms with Crippen LogP contribution in [0.2, 0.25) is 10.0 Å². The van der Waals surface area contributed by atoms with Crippen LogP contribution in [0.15, 0.2) is 35.3 Å². The third-order valence-electron chi connectivity index (χ3n) is 7.06. The summed E-state index contributed by atoms with van der Waals surface area (Å²) >= 11 is 13.2. The van der Waals surface area contributed by atoms with Gasteiger partial charge in [-0.25, -0.2) is 10.8 Å². The fourth-order valence-electron chi connectivity index (χ4n) is 4.80. The number of aliphatic hydroxyl groups excluding tert-OH is 2. The van der Waals surface area contributed by atoms with Crippen LogP contribution in [0.5, 0.6) is 5.75 Å². The lowest BCUT2D eigenvalue weighted by Gasteiger charge is -2.31. The number of hydrogen-bond donors (Lipinski definition) is 7. The van der Waals surface area contributed by atoms with E-state index in [1.165, 1.54) is 0 Å². The number of guanidine groups is 1. The second-order valence-corrected chi connectivity index (χ2v) is 10.5. The van der Waals surface area contributed by atoms with Gasteiger partial charge in [0.05, 0.1) is 40.9 Å². The summed E-state index contributed by atoms with van der Waals surface area (Å²) in [5.41, 5.74) is 3.68. The number of benzene rings is 2. The van der Waals surface area contributed by atoms with E-state index < -0.39 is 23.6 Å². The fourth-order valence-corrected chi connectivity index (χ4v) is 5.57. The van der Waals surface area contributed by atoms with E-state index in [4.69, 9.17) is 34.2 Å². The molecule has 0 spiro atoms. The van der Waals surface area contributed by atoms with Crippen molar-refractivity contribution < 1.29 is 24.9 Å². The number of aldehydes is 1. The molecule has 1 saturated carbocycles. The van der Waals surface area contributed by atoms with Crippen LogP contribution >= 0.6 is 23.2 Å². The Kier molecular flexibility index (Phi) is 9.31. The molecule has 0 radical (unpaired) electrons. The first-order chi connectivity index (χ1) is 18.7. The number of phenolic OH excluding ortho intramolecular Hbond substituents is 1. The van der Waals surface area contributed by atoms with Crippen molar-refractivity contribution in [1.29, 1.82) is 0 Å². The first-order valence-corrected chi connectivity index (χ1v) is 13.3. The van der Waals surface area contributed by atoms with Crippen molar-refractivity contribution in [2.45, 2.75) is 43.5 Å². The summed E-state index contributed by atoms with van der Waals surface area (Å²) in [5.74, 6) is 5.17. The van der Waals surface area contributed by atoms with E-state index in [2.05, 4.69) is 26.0 Å². The van der Waals surface area contributed by atoms with Crippen LogP contribution in [0.1, 0.15) is 46.0 Å². The highest BCUT2D eigenvalue weighted by atomic mass is 35.5. The van der Waals surface area contributed by atoms with E-state index in [0.29, 0.717) is 50.7 Å². The number of halogens is 2. The highest BCUT2D eigenvalue weighted by Crippen LogP contribution is 2.38. The number of hydrogen-bond acceptors (Lipinski definition) is 8. The molecule has 13 heteroatoms. The van der Waals surface area contributed by atoms with Crippen LogP contribution in [-0.2, 0) is 17.8 Å². The maximum absolute atomic E-state index is 13.2. The number of amides is 1. The molecule has 11 nitrogen and oxygen atoms in total. The van der Waals surface area contributed by atoms with Gasteiger partial charge in [0, 0.05) is 26.1 Å². The van der Waals surface area contributed by atoms with Crippen molar-refractivity contribution in [1.82, 2.24) is 21.0 Å². The number of fused-ring (bicyclic) bond motifs is 1. The Bertz CT molecular complexity index is 1260. The number of carbonyl (C=O) groups is 2. The molecule has 1 heterocycles. The minimum atomic E-state index is -1.18. The number of aliphatic hydroxyl groups is 2. The summed E-state index contributed by atoms with van der Waals surface area (Å²) in [4.78, 5) is 31.3. The highest BCUT2D eigenvalue weighted by Gasteiger charge is 2.56. The van der Waals surface area contributed by atoms with Gasteiger partial charge in [0.2, 0.25) is 5.96 Å². The van der Waals surface area contributed by atoms with Crippen molar-refractivity contribution in [2.75, 3.05) is 26.2 Å². The monoisotopic (exact) mass is 578 g/mol. The Morgan fingerprint density at radius 3 is 2.82 bits per heavy atom.